The quantitative estimate of drug-likeness (QED) is 0.432. The van der Waals surface area contributed by atoms with Crippen LogP contribution in [0, 0.1) is 6.92 Å². The fraction of sp³-hybridized carbons (Fsp3) is 0.280. The Morgan fingerprint density at radius 1 is 1.06 bits per heavy atom. The van der Waals surface area contributed by atoms with Crippen LogP contribution >= 0.6 is 11.6 Å². The van der Waals surface area contributed by atoms with E-state index in [2.05, 4.69) is 15.6 Å². The van der Waals surface area contributed by atoms with Crippen LogP contribution in [-0.2, 0) is 17.4 Å². The van der Waals surface area contributed by atoms with Crippen molar-refractivity contribution in [2.45, 2.75) is 38.0 Å². The van der Waals surface area contributed by atoms with Gasteiger partial charge in [-0.15, -0.1) is 0 Å². The minimum atomic E-state index is -4.47. The lowest BCUT2D eigenvalue weighted by atomic mass is 9.96. The molecule has 1 heterocycles. The molecule has 0 saturated heterocycles. The Balaban J connectivity index is 1.87. The molecule has 0 saturated carbocycles. The summed E-state index contributed by atoms with van der Waals surface area (Å²) in [5.41, 5.74) is 2.36. The predicted octanol–water partition coefficient (Wildman–Crippen LogP) is 5.81. The SMILES string of the molecule is CNC(=O)[C@@H](N[C@H](CCc1ccc(C(F)(F)F)nc1)c1ccc(C)c(Cl)c1)c1ccccc1. The van der Waals surface area contributed by atoms with E-state index >= 15 is 0 Å². The van der Waals surface area contributed by atoms with Crippen LogP contribution in [0.3, 0.4) is 0 Å². The first-order valence-electron chi connectivity index (χ1n) is 10.5. The highest BCUT2D eigenvalue weighted by atomic mass is 35.5. The molecule has 3 rings (SSSR count). The maximum atomic E-state index is 12.8. The third-order valence-corrected chi connectivity index (χ3v) is 5.85. The molecular weight excluding hydrogens is 451 g/mol. The van der Waals surface area contributed by atoms with Crippen molar-refractivity contribution >= 4 is 17.5 Å². The lowest BCUT2D eigenvalue weighted by Crippen LogP contribution is -2.38. The number of carbonyl (C=O) groups is 1. The van der Waals surface area contributed by atoms with Crippen LogP contribution in [0.1, 0.15) is 46.5 Å². The maximum Gasteiger partial charge on any atom is 0.433 e. The largest absolute Gasteiger partial charge is 0.433 e. The van der Waals surface area contributed by atoms with Crippen molar-refractivity contribution in [3.8, 4) is 0 Å². The molecule has 2 atom stereocenters. The number of halogens is 4. The molecule has 33 heavy (non-hydrogen) atoms. The number of pyridine rings is 1. The summed E-state index contributed by atoms with van der Waals surface area (Å²) in [7, 11) is 1.57. The van der Waals surface area contributed by atoms with Crippen LogP contribution in [0.2, 0.25) is 5.02 Å². The van der Waals surface area contributed by atoms with Crippen molar-refractivity contribution in [1.29, 1.82) is 0 Å². The molecule has 0 unspecified atom stereocenters. The summed E-state index contributed by atoms with van der Waals surface area (Å²) in [4.78, 5) is 16.2. The minimum Gasteiger partial charge on any atom is -0.358 e. The van der Waals surface area contributed by atoms with Gasteiger partial charge in [-0.2, -0.15) is 13.2 Å². The zero-order chi connectivity index (χ0) is 24.0. The van der Waals surface area contributed by atoms with E-state index in [0.29, 0.717) is 23.4 Å². The monoisotopic (exact) mass is 475 g/mol. The lowest BCUT2D eigenvalue weighted by molar-refractivity contribution is -0.141. The molecule has 8 heteroatoms. The number of amides is 1. The van der Waals surface area contributed by atoms with E-state index in [1.54, 1.807) is 7.05 Å². The Hall–Kier alpha value is -2.90. The summed E-state index contributed by atoms with van der Waals surface area (Å²) >= 11 is 6.35. The van der Waals surface area contributed by atoms with Gasteiger partial charge in [0.15, 0.2) is 0 Å². The van der Waals surface area contributed by atoms with Gasteiger partial charge in [0, 0.05) is 24.3 Å². The maximum absolute atomic E-state index is 12.8. The molecule has 0 aliphatic carbocycles. The second-order valence-electron chi connectivity index (χ2n) is 7.77. The van der Waals surface area contributed by atoms with Crippen LogP contribution < -0.4 is 10.6 Å². The number of nitrogens with zero attached hydrogens (tertiary/aromatic N) is 1. The highest BCUT2D eigenvalue weighted by Crippen LogP contribution is 2.29. The van der Waals surface area contributed by atoms with Gasteiger partial charge >= 0.3 is 6.18 Å². The van der Waals surface area contributed by atoms with E-state index in [1.165, 1.54) is 12.3 Å². The number of likely N-dealkylation sites (N-methyl/N-ethyl adjacent to an activating group) is 1. The van der Waals surface area contributed by atoms with E-state index in [9.17, 15) is 18.0 Å². The van der Waals surface area contributed by atoms with Gasteiger partial charge in [0.1, 0.15) is 11.7 Å². The Labute approximate surface area is 196 Å². The van der Waals surface area contributed by atoms with Crippen molar-refractivity contribution in [2.75, 3.05) is 7.05 Å². The summed E-state index contributed by atoms with van der Waals surface area (Å²) < 4.78 is 38.4. The predicted molar refractivity (Wildman–Crippen MR) is 123 cm³/mol. The Kier molecular flexibility index (Phi) is 8.10. The molecule has 3 aromatic rings. The van der Waals surface area contributed by atoms with Gasteiger partial charge in [-0.3, -0.25) is 15.1 Å². The van der Waals surface area contributed by atoms with Crippen molar-refractivity contribution in [2.24, 2.45) is 0 Å². The molecule has 1 amide bonds. The van der Waals surface area contributed by atoms with E-state index in [-0.39, 0.29) is 11.9 Å². The number of hydrogen-bond donors (Lipinski definition) is 2. The first-order valence-corrected chi connectivity index (χ1v) is 10.9. The zero-order valence-electron chi connectivity index (χ0n) is 18.3. The van der Waals surface area contributed by atoms with Gasteiger partial charge < -0.3 is 5.32 Å². The van der Waals surface area contributed by atoms with Crippen LogP contribution in [0.15, 0.2) is 66.9 Å². The summed E-state index contributed by atoms with van der Waals surface area (Å²) in [6, 6.07) is 16.5. The average molecular weight is 476 g/mol. The Morgan fingerprint density at radius 2 is 1.79 bits per heavy atom. The first kappa shape index (κ1) is 24.7. The summed E-state index contributed by atoms with van der Waals surface area (Å²) in [5.74, 6) is -0.194. The molecule has 0 spiro atoms. The van der Waals surface area contributed by atoms with E-state index in [4.69, 9.17) is 11.6 Å². The number of aromatic nitrogens is 1. The van der Waals surface area contributed by atoms with E-state index in [0.717, 1.165) is 22.8 Å². The van der Waals surface area contributed by atoms with Gasteiger partial charge in [0.2, 0.25) is 5.91 Å². The normalized spacial score (nSPS) is 13.4. The molecule has 2 aromatic carbocycles. The molecular formula is C25H25ClF3N3O. The molecule has 0 radical (unpaired) electrons. The van der Waals surface area contributed by atoms with Crippen molar-refractivity contribution in [1.82, 2.24) is 15.6 Å². The second-order valence-corrected chi connectivity index (χ2v) is 8.18. The van der Waals surface area contributed by atoms with Crippen molar-refractivity contribution in [3.05, 3.63) is 99.8 Å². The second kappa shape index (κ2) is 10.8. The fourth-order valence-electron chi connectivity index (χ4n) is 3.54. The smallest absolute Gasteiger partial charge is 0.358 e. The Morgan fingerprint density at radius 3 is 2.36 bits per heavy atom. The molecule has 0 bridgehead atoms. The van der Waals surface area contributed by atoms with Gasteiger partial charge in [-0.25, -0.2) is 0 Å². The summed E-state index contributed by atoms with van der Waals surface area (Å²) in [6.45, 7) is 1.90. The molecule has 0 fully saturated rings. The number of carbonyl (C=O) groups excluding carboxylic acids is 1. The van der Waals surface area contributed by atoms with Crippen LogP contribution in [0.4, 0.5) is 13.2 Å². The highest BCUT2D eigenvalue weighted by Gasteiger charge is 2.32. The molecule has 2 N–H and O–H groups in total. The van der Waals surface area contributed by atoms with Crippen LogP contribution in [-0.4, -0.2) is 17.9 Å². The van der Waals surface area contributed by atoms with Crippen molar-refractivity contribution < 1.29 is 18.0 Å². The first-order chi connectivity index (χ1) is 15.7. The minimum absolute atomic E-state index is 0.194. The van der Waals surface area contributed by atoms with E-state index in [1.807, 2.05) is 55.5 Å². The van der Waals surface area contributed by atoms with Gasteiger partial charge in [-0.1, -0.05) is 60.1 Å². The zero-order valence-corrected chi connectivity index (χ0v) is 19.0. The van der Waals surface area contributed by atoms with Crippen molar-refractivity contribution in [3.63, 3.8) is 0 Å². The number of rotatable bonds is 8. The third kappa shape index (κ3) is 6.55. The molecule has 4 nitrogen and oxygen atoms in total. The third-order valence-electron chi connectivity index (χ3n) is 5.44. The molecule has 1 aromatic heterocycles. The standard InChI is InChI=1S/C25H25ClF3N3O/c1-16-8-11-19(14-20(16)26)21(12-9-17-10-13-22(31-15-17)25(27,28)29)32-23(24(33)30-2)18-6-4-3-5-7-18/h3-8,10-11,13-15,21,23,32H,9,12H2,1-2H3,(H,30,33)/t21-,23+/m1/s1. The number of hydrogen-bond acceptors (Lipinski definition) is 3. The average Bonchev–Trinajstić information content (AvgIpc) is 2.81. The summed E-state index contributed by atoms with van der Waals surface area (Å²) in [5, 5.41) is 6.71. The number of benzene rings is 2. The van der Waals surface area contributed by atoms with Crippen LogP contribution in [0.25, 0.3) is 0 Å². The lowest BCUT2D eigenvalue weighted by Gasteiger charge is -2.26. The molecule has 174 valence electrons. The van der Waals surface area contributed by atoms with Crippen LogP contribution in [0.5, 0.6) is 0 Å². The summed E-state index contributed by atoms with van der Waals surface area (Å²) in [6.07, 6.45) is -2.25. The molecule has 0 aliphatic heterocycles. The topological polar surface area (TPSA) is 54.0 Å². The van der Waals surface area contributed by atoms with Gasteiger partial charge in [-0.05, 0) is 54.2 Å². The molecule has 0 aliphatic rings. The Bertz CT molecular complexity index is 1070. The number of aryl methyl sites for hydroxylation is 2. The highest BCUT2D eigenvalue weighted by molar-refractivity contribution is 6.31. The van der Waals surface area contributed by atoms with Gasteiger partial charge in [0.25, 0.3) is 0 Å². The fourth-order valence-corrected chi connectivity index (χ4v) is 3.73. The number of alkyl halides is 3. The van der Waals surface area contributed by atoms with E-state index < -0.39 is 17.9 Å². The van der Waals surface area contributed by atoms with Gasteiger partial charge in [0.05, 0.1) is 0 Å². The number of nitrogens with one attached hydrogen (secondary N) is 2.